The van der Waals surface area contributed by atoms with Gasteiger partial charge in [-0.15, -0.1) is 0 Å². The van der Waals surface area contributed by atoms with E-state index in [0.717, 1.165) is 12.1 Å². The lowest BCUT2D eigenvalue weighted by atomic mass is 10.2. The molecule has 82 valence electrons. The molecular weight excluding hydrogens is 293 g/mol. The second kappa shape index (κ2) is 3.87. The number of aromatic carboxylic acids is 1. The number of rotatable bonds is 2. The van der Waals surface area contributed by atoms with Crippen molar-refractivity contribution >= 4 is 31.9 Å². The van der Waals surface area contributed by atoms with Gasteiger partial charge in [0.15, 0.2) is 5.82 Å². The smallest absolute Gasteiger partial charge is 0.338 e. The van der Waals surface area contributed by atoms with Crippen LogP contribution in [0, 0.1) is 5.82 Å². The molecule has 3 N–H and O–H groups in total. The third kappa shape index (κ3) is 2.52. The molecule has 1 aromatic carbocycles. The standard InChI is InChI=1S/C7H5BrFNO4S/c8-3-1-4(7(11)12)6(9)5(2-3)15(10,13)14/h1-2H,(H,11,12)(H2,10,13,14). The Morgan fingerprint density at radius 2 is 2.00 bits per heavy atom. The third-order valence-corrected chi connectivity index (χ3v) is 2.91. The predicted molar refractivity (Wildman–Crippen MR) is 52.4 cm³/mol. The number of carboxylic acids is 1. The first-order valence-corrected chi connectivity index (χ1v) is 5.82. The maximum atomic E-state index is 13.3. The van der Waals surface area contributed by atoms with Gasteiger partial charge in [0.05, 0.1) is 5.56 Å². The summed E-state index contributed by atoms with van der Waals surface area (Å²) < 4.78 is 35.3. The van der Waals surface area contributed by atoms with Gasteiger partial charge in [-0.1, -0.05) is 15.9 Å². The topological polar surface area (TPSA) is 97.5 Å². The summed E-state index contributed by atoms with van der Waals surface area (Å²) in [7, 11) is -4.28. The summed E-state index contributed by atoms with van der Waals surface area (Å²) in [5, 5.41) is 13.3. The van der Waals surface area contributed by atoms with Crippen molar-refractivity contribution in [3.05, 3.63) is 28.0 Å². The van der Waals surface area contributed by atoms with Gasteiger partial charge in [0.1, 0.15) is 4.90 Å². The number of hydrogen-bond acceptors (Lipinski definition) is 3. The molecule has 8 heteroatoms. The van der Waals surface area contributed by atoms with Gasteiger partial charge in [0, 0.05) is 4.47 Å². The highest BCUT2D eigenvalue weighted by Gasteiger charge is 2.22. The summed E-state index contributed by atoms with van der Waals surface area (Å²) in [4.78, 5) is 9.70. The molecule has 0 fully saturated rings. The normalized spacial score (nSPS) is 11.4. The van der Waals surface area contributed by atoms with E-state index in [-0.39, 0.29) is 4.47 Å². The molecular formula is C7H5BrFNO4S. The van der Waals surface area contributed by atoms with Crippen molar-refractivity contribution in [2.45, 2.75) is 4.90 Å². The Kier molecular flexibility index (Phi) is 3.12. The van der Waals surface area contributed by atoms with Crippen LogP contribution in [0.15, 0.2) is 21.5 Å². The minimum Gasteiger partial charge on any atom is -0.478 e. The number of primary sulfonamides is 1. The van der Waals surface area contributed by atoms with Gasteiger partial charge in [-0.3, -0.25) is 0 Å². The summed E-state index contributed by atoms with van der Waals surface area (Å²) in [5.74, 6) is -2.94. The number of nitrogens with two attached hydrogens (primary N) is 1. The summed E-state index contributed by atoms with van der Waals surface area (Å²) in [6.07, 6.45) is 0. The van der Waals surface area contributed by atoms with E-state index in [0.29, 0.717) is 0 Å². The van der Waals surface area contributed by atoms with Crippen molar-refractivity contribution in [2.75, 3.05) is 0 Å². The lowest BCUT2D eigenvalue weighted by Gasteiger charge is -2.04. The number of hydrogen-bond donors (Lipinski definition) is 2. The Morgan fingerprint density at radius 1 is 1.47 bits per heavy atom. The van der Waals surface area contributed by atoms with Gasteiger partial charge < -0.3 is 5.11 Å². The number of sulfonamides is 1. The average molecular weight is 298 g/mol. The van der Waals surface area contributed by atoms with E-state index in [2.05, 4.69) is 15.9 Å². The number of benzene rings is 1. The summed E-state index contributed by atoms with van der Waals surface area (Å²) in [6, 6.07) is 1.85. The molecule has 0 heterocycles. The van der Waals surface area contributed by atoms with Crippen LogP contribution in [0.25, 0.3) is 0 Å². The maximum Gasteiger partial charge on any atom is 0.338 e. The number of carbonyl (C=O) groups is 1. The number of carboxylic acid groups (broad SMARTS) is 1. The minimum absolute atomic E-state index is 0.116. The molecule has 0 saturated heterocycles. The molecule has 0 bridgehead atoms. The molecule has 0 aliphatic rings. The highest BCUT2D eigenvalue weighted by atomic mass is 79.9. The average Bonchev–Trinajstić information content (AvgIpc) is 2.06. The Bertz CT molecular complexity index is 528. The third-order valence-electron chi connectivity index (χ3n) is 1.54. The van der Waals surface area contributed by atoms with Crippen LogP contribution in [0.3, 0.4) is 0 Å². The molecule has 0 aliphatic carbocycles. The molecule has 5 nitrogen and oxygen atoms in total. The lowest BCUT2D eigenvalue weighted by Crippen LogP contribution is -2.16. The van der Waals surface area contributed by atoms with Crippen LogP contribution in [0.4, 0.5) is 4.39 Å². The van der Waals surface area contributed by atoms with Crippen LogP contribution in [0.5, 0.6) is 0 Å². The van der Waals surface area contributed by atoms with Gasteiger partial charge in [-0.2, -0.15) is 0 Å². The fraction of sp³-hybridized carbons (Fsp3) is 0. The zero-order valence-corrected chi connectivity index (χ0v) is 9.47. The fourth-order valence-corrected chi connectivity index (χ4v) is 2.19. The predicted octanol–water partition coefficient (Wildman–Crippen LogP) is 0.934. The Labute approximate surface area is 92.9 Å². The monoisotopic (exact) mass is 297 g/mol. The first-order chi connectivity index (χ1) is 6.73. The second-order valence-electron chi connectivity index (χ2n) is 2.62. The van der Waals surface area contributed by atoms with E-state index in [9.17, 15) is 17.6 Å². The molecule has 15 heavy (non-hydrogen) atoms. The molecule has 0 saturated carbocycles. The Morgan fingerprint density at radius 3 is 2.40 bits per heavy atom. The maximum absolute atomic E-state index is 13.3. The van der Waals surface area contributed by atoms with Crippen LogP contribution in [-0.2, 0) is 10.0 Å². The zero-order chi connectivity index (χ0) is 11.8. The first kappa shape index (κ1) is 12.1. The van der Waals surface area contributed by atoms with Crippen LogP contribution in [-0.4, -0.2) is 19.5 Å². The molecule has 0 atom stereocenters. The molecule has 0 aromatic heterocycles. The van der Waals surface area contributed by atoms with Crippen LogP contribution in [0.2, 0.25) is 0 Å². The largest absolute Gasteiger partial charge is 0.478 e. The van der Waals surface area contributed by atoms with Gasteiger partial charge in [-0.05, 0) is 12.1 Å². The fourth-order valence-electron chi connectivity index (χ4n) is 0.927. The molecule has 0 radical (unpaired) electrons. The van der Waals surface area contributed by atoms with E-state index < -0.39 is 32.3 Å². The summed E-state index contributed by atoms with van der Waals surface area (Å²) in [5.41, 5.74) is -0.756. The van der Waals surface area contributed by atoms with Gasteiger partial charge in [0.25, 0.3) is 0 Å². The van der Waals surface area contributed by atoms with Crippen molar-refractivity contribution in [3.8, 4) is 0 Å². The van der Waals surface area contributed by atoms with Crippen molar-refractivity contribution in [1.29, 1.82) is 0 Å². The summed E-state index contributed by atoms with van der Waals surface area (Å²) in [6.45, 7) is 0. The van der Waals surface area contributed by atoms with E-state index in [1.54, 1.807) is 0 Å². The minimum atomic E-state index is -4.28. The van der Waals surface area contributed by atoms with Crippen LogP contribution in [0.1, 0.15) is 10.4 Å². The number of halogens is 2. The van der Waals surface area contributed by atoms with Crippen molar-refractivity contribution < 1.29 is 22.7 Å². The zero-order valence-electron chi connectivity index (χ0n) is 7.07. The SMILES string of the molecule is NS(=O)(=O)c1cc(Br)cc(C(=O)O)c1F. The first-order valence-electron chi connectivity index (χ1n) is 3.48. The second-order valence-corrected chi connectivity index (χ2v) is 5.06. The van der Waals surface area contributed by atoms with E-state index in [1.165, 1.54) is 0 Å². The van der Waals surface area contributed by atoms with Crippen LogP contribution < -0.4 is 5.14 Å². The van der Waals surface area contributed by atoms with Crippen LogP contribution >= 0.6 is 15.9 Å². The quantitative estimate of drug-likeness (QED) is 0.848. The molecule has 0 amide bonds. The Balaban J connectivity index is 3.63. The van der Waals surface area contributed by atoms with Gasteiger partial charge in [-0.25, -0.2) is 22.7 Å². The highest BCUT2D eigenvalue weighted by molar-refractivity contribution is 9.10. The van der Waals surface area contributed by atoms with E-state index >= 15 is 0 Å². The van der Waals surface area contributed by atoms with Crippen molar-refractivity contribution in [1.82, 2.24) is 0 Å². The Hall–Kier alpha value is -0.990. The lowest BCUT2D eigenvalue weighted by molar-refractivity contribution is 0.0691. The molecule has 1 aromatic rings. The summed E-state index contributed by atoms with van der Waals surface area (Å²) >= 11 is 2.86. The van der Waals surface area contributed by atoms with Gasteiger partial charge >= 0.3 is 5.97 Å². The van der Waals surface area contributed by atoms with Crippen molar-refractivity contribution in [2.24, 2.45) is 5.14 Å². The van der Waals surface area contributed by atoms with E-state index in [1.807, 2.05) is 0 Å². The molecule has 1 rings (SSSR count). The van der Waals surface area contributed by atoms with Gasteiger partial charge in [0.2, 0.25) is 10.0 Å². The molecule has 0 unspecified atom stereocenters. The van der Waals surface area contributed by atoms with E-state index in [4.69, 9.17) is 10.2 Å². The molecule has 0 spiro atoms. The highest BCUT2D eigenvalue weighted by Crippen LogP contribution is 2.23. The van der Waals surface area contributed by atoms with Crippen molar-refractivity contribution in [3.63, 3.8) is 0 Å². The molecule has 0 aliphatic heterocycles.